The van der Waals surface area contributed by atoms with E-state index in [4.69, 9.17) is 5.73 Å². The van der Waals surface area contributed by atoms with Gasteiger partial charge in [0.15, 0.2) is 0 Å². The lowest BCUT2D eigenvalue weighted by molar-refractivity contribution is -0.131. The molecule has 1 aliphatic rings. The SMILES string of the molecule is CN(C(=O)Cc1cccc(NC(N)=O)c1)[C@@H](CN1CCC(O)C1)c1ccccc1. The molecule has 154 valence electrons. The summed E-state index contributed by atoms with van der Waals surface area (Å²) in [6.45, 7) is 2.13. The molecule has 3 amide bonds. The summed E-state index contributed by atoms with van der Waals surface area (Å²) < 4.78 is 0. The summed E-state index contributed by atoms with van der Waals surface area (Å²) in [6, 6.07) is 16.3. The Bertz CT molecular complexity index is 843. The van der Waals surface area contributed by atoms with Crippen molar-refractivity contribution >= 4 is 17.6 Å². The van der Waals surface area contributed by atoms with Gasteiger partial charge in [-0.25, -0.2) is 4.79 Å². The van der Waals surface area contributed by atoms with Crippen LogP contribution in [0.5, 0.6) is 0 Å². The van der Waals surface area contributed by atoms with Crippen molar-refractivity contribution in [1.82, 2.24) is 9.80 Å². The third kappa shape index (κ3) is 5.79. The van der Waals surface area contributed by atoms with Crippen LogP contribution in [-0.4, -0.2) is 59.6 Å². The number of anilines is 1. The number of nitrogens with two attached hydrogens (primary N) is 1. The second-order valence-electron chi connectivity index (χ2n) is 7.50. The first-order valence-corrected chi connectivity index (χ1v) is 9.79. The highest BCUT2D eigenvalue weighted by molar-refractivity contribution is 5.88. The van der Waals surface area contributed by atoms with Crippen LogP contribution in [0.15, 0.2) is 54.6 Å². The monoisotopic (exact) mass is 396 g/mol. The van der Waals surface area contributed by atoms with E-state index in [1.165, 1.54) is 0 Å². The van der Waals surface area contributed by atoms with Crippen LogP contribution in [0, 0.1) is 0 Å². The van der Waals surface area contributed by atoms with E-state index in [2.05, 4.69) is 10.2 Å². The zero-order valence-electron chi connectivity index (χ0n) is 16.6. The Kier molecular flexibility index (Phi) is 6.85. The largest absolute Gasteiger partial charge is 0.392 e. The summed E-state index contributed by atoms with van der Waals surface area (Å²) in [7, 11) is 1.82. The van der Waals surface area contributed by atoms with Crippen LogP contribution in [0.1, 0.15) is 23.6 Å². The minimum atomic E-state index is -0.637. The number of carbonyl (C=O) groups is 2. The van der Waals surface area contributed by atoms with Gasteiger partial charge in [0.2, 0.25) is 5.91 Å². The Hall–Kier alpha value is -2.90. The number of hydrogen-bond donors (Lipinski definition) is 3. The van der Waals surface area contributed by atoms with Gasteiger partial charge in [-0.05, 0) is 29.7 Å². The Morgan fingerprint density at radius 2 is 2.00 bits per heavy atom. The molecule has 0 spiro atoms. The van der Waals surface area contributed by atoms with Crippen molar-refractivity contribution in [3.63, 3.8) is 0 Å². The molecule has 2 atom stereocenters. The van der Waals surface area contributed by atoms with Crippen LogP contribution in [0.25, 0.3) is 0 Å². The zero-order chi connectivity index (χ0) is 20.8. The number of aliphatic hydroxyl groups excluding tert-OH is 1. The predicted octanol–water partition coefficient (Wildman–Crippen LogP) is 1.99. The smallest absolute Gasteiger partial charge is 0.316 e. The summed E-state index contributed by atoms with van der Waals surface area (Å²) in [5.41, 5.74) is 7.60. The molecule has 4 N–H and O–H groups in total. The van der Waals surface area contributed by atoms with Gasteiger partial charge >= 0.3 is 6.03 Å². The lowest BCUT2D eigenvalue weighted by Gasteiger charge is -2.32. The molecular weight excluding hydrogens is 368 g/mol. The van der Waals surface area contributed by atoms with Crippen molar-refractivity contribution in [2.24, 2.45) is 5.73 Å². The first kappa shape index (κ1) is 20.8. The van der Waals surface area contributed by atoms with Crippen molar-refractivity contribution < 1.29 is 14.7 Å². The number of benzene rings is 2. The number of β-amino-alcohol motifs (C(OH)–C–C–N with tert-alkyl or cyclic N) is 1. The van der Waals surface area contributed by atoms with E-state index in [0.717, 1.165) is 24.1 Å². The quantitative estimate of drug-likeness (QED) is 0.666. The maximum absolute atomic E-state index is 13.0. The predicted molar refractivity (Wildman–Crippen MR) is 112 cm³/mol. The molecule has 1 fully saturated rings. The lowest BCUT2D eigenvalue weighted by atomic mass is 10.0. The zero-order valence-corrected chi connectivity index (χ0v) is 16.6. The molecule has 0 radical (unpaired) electrons. The van der Waals surface area contributed by atoms with Gasteiger partial charge in [0.25, 0.3) is 0 Å². The minimum Gasteiger partial charge on any atom is -0.392 e. The number of rotatable bonds is 7. The van der Waals surface area contributed by atoms with Gasteiger partial charge in [-0.15, -0.1) is 0 Å². The fourth-order valence-corrected chi connectivity index (χ4v) is 3.72. The highest BCUT2D eigenvalue weighted by atomic mass is 16.3. The highest BCUT2D eigenvalue weighted by Gasteiger charge is 2.28. The van der Waals surface area contributed by atoms with E-state index >= 15 is 0 Å². The molecule has 3 rings (SSSR count). The van der Waals surface area contributed by atoms with Crippen molar-refractivity contribution in [2.75, 3.05) is 32.0 Å². The van der Waals surface area contributed by atoms with Gasteiger partial charge in [0.05, 0.1) is 18.6 Å². The number of aliphatic hydroxyl groups is 1. The number of likely N-dealkylation sites (tertiary alicyclic amines) is 1. The minimum absolute atomic E-state index is 0.0187. The first-order chi connectivity index (χ1) is 13.9. The lowest BCUT2D eigenvalue weighted by Crippen LogP contribution is -2.39. The van der Waals surface area contributed by atoms with E-state index in [9.17, 15) is 14.7 Å². The summed E-state index contributed by atoms with van der Waals surface area (Å²) in [4.78, 5) is 28.1. The summed E-state index contributed by atoms with van der Waals surface area (Å²) >= 11 is 0. The molecule has 2 aromatic rings. The van der Waals surface area contributed by atoms with Gasteiger partial charge in [0.1, 0.15) is 0 Å². The summed E-state index contributed by atoms with van der Waals surface area (Å²) in [5, 5.41) is 12.4. The van der Waals surface area contributed by atoms with Gasteiger partial charge in [-0.1, -0.05) is 42.5 Å². The fraction of sp³-hybridized carbons (Fsp3) is 0.364. The normalized spacial score (nSPS) is 17.7. The molecule has 29 heavy (non-hydrogen) atoms. The first-order valence-electron chi connectivity index (χ1n) is 9.79. The van der Waals surface area contributed by atoms with Crippen molar-refractivity contribution in [3.05, 3.63) is 65.7 Å². The maximum atomic E-state index is 13.0. The number of nitrogens with zero attached hydrogens (tertiary/aromatic N) is 2. The van der Waals surface area contributed by atoms with Crippen LogP contribution in [-0.2, 0) is 11.2 Å². The van der Waals surface area contributed by atoms with Crippen LogP contribution in [0.2, 0.25) is 0 Å². The van der Waals surface area contributed by atoms with Crippen molar-refractivity contribution in [2.45, 2.75) is 25.0 Å². The molecule has 0 aromatic heterocycles. The molecule has 7 heteroatoms. The number of amides is 3. The Labute approximate surface area is 171 Å². The van der Waals surface area contributed by atoms with Gasteiger partial charge in [-0.2, -0.15) is 0 Å². The van der Waals surface area contributed by atoms with Crippen LogP contribution in [0.4, 0.5) is 10.5 Å². The van der Waals surface area contributed by atoms with Gasteiger partial charge < -0.3 is 21.1 Å². The molecular formula is C22H28N4O3. The molecule has 1 heterocycles. The number of likely N-dealkylation sites (N-methyl/N-ethyl adjacent to an activating group) is 1. The number of urea groups is 1. The molecule has 1 saturated heterocycles. The molecule has 2 aromatic carbocycles. The molecule has 0 saturated carbocycles. The standard InChI is InChI=1S/C22H28N4O3/c1-25(21(28)13-16-6-5-9-18(12-16)24-22(23)29)20(17-7-3-2-4-8-17)15-26-11-10-19(27)14-26/h2-9,12,19-20,27H,10-11,13-15H2,1H3,(H3,23,24,29)/t19?,20-/m0/s1. The van der Waals surface area contributed by atoms with Crippen molar-refractivity contribution in [3.8, 4) is 0 Å². The van der Waals surface area contributed by atoms with Crippen LogP contribution >= 0.6 is 0 Å². The third-order valence-electron chi connectivity index (χ3n) is 5.27. The Morgan fingerprint density at radius 1 is 1.24 bits per heavy atom. The van der Waals surface area contributed by atoms with E-state index < -0.39 is 6.03 Å². The number of primary amides is 1. The van der Waals surface area contributed by atoms with Crippen molar-refractivity contribution in [1.29, 1.82) is 0 Å². The number of nitrogens with one attached hydrogen (secondary N) is 1. The summed E-state index contributed by atoms with van der Waals surface area (Å²) in [5.74, 6) is -0.0187. The van der Waals surface area contributed by atoms with E-state index in [1.807, 2.05) is 43.4 Å². The topological polar surface area (TPSA) is 98.9 Å². The van der Waals surface area contributed by atoms with E-state index in [0.29, 0.717) is 18.8 Å². The molecule has 0 bridgehead atoms. The highest BCUT2D eigenvalue weighted by Crippen LogP contribution is 2.24. The summed E-state index contributed by atoms with van der Waals surface area (Å²) in [6.07, 6.45) is 0.683. The molecule has 0 aliphatic carbocycles. The maximum Gasteiger partial charge on any atom is 0.316 e. The Balaban J connectivity index is 1.73. The number of carbonyl (C=O) groups excluding carboxylic acids is 2. The van der Waals surface area contributed by atoms with Gasteiger partial charge in [0, 0.05) is 32.4 Å². The second kappa shape index (κ2) is 9.54. The third-order valence-corrected chi connectivity index (χ3v) is 5.27. The average molecular weight is 396 g/mol. The fourth-order valence-electron chi connectivity index (χ4n) is 3.72. The van der Waals surface area contributed by atoms with E-state index in [1.54, 1.807) is 23.1 Å². The van der Waals surface area contributed by atoms with Crippen LogP contribution in [0.3, 0.4) is 0 Å². The molecule has 1 unspecified atom stereocenters. The molecule has 1 aliphatic heterocycles. The van der Waals surface area contributed by atoms with Gasteiger partial charge in [-0.3, -0.25) is 9.69 Å². The van der Waals surface area contributed by atoms with E-state index in [-0.39, 0.29) is 24.5 Å². The molecule has 7 nitrogen and oxygen atoms in total. The average Bonchev–Trinajstić information content (AvgIpc) is 3.11. The van der Waals surface area contributed by atoms with Crippen LogP contribution < -0.4 is 11.1 Å². The second-order valence-corrected chi connectivity index (χ2v) is 7.50. The number of hydrogen-bond acceptors (Lipinski definition) is 4. The Morgan fingerprint density at radius 3 is 2.66 bits per heavy atom.